The number of benzene rings is 3. The summed E-state index contributed by atoms with van der Waals surface area (Å²) in [6, 6.07) is 22.1. The molecule has 0 amide bonds. The average molecular weight is 626 g/mol. The molecule has 7 rings (SSSR count). The molecule has 9 heteroatoms. The Bertz CT molecular complexity index is 2160. The zero-order valence-corrected chi connectivity index (χ0v) is 28.3. The molecule has 3 aromatic carbocycles. The summed E-state index contributed by atoms with van der Waals surface area (Å²) in [7, 11) is 2.16. The van der Waals surface area contributed by atoms with E-state index in [4.69, 9.17) is 14.1 Å². The minimum atomic E-state index is -0.492. The predicted molar refractivity (Wildman–Crippen MR) is 190 cm³/mol. The molecule has 0 radical (unpaired) electrons. The standard InChI is InChI=1S/C38H40BN5O3/c1-23(2)28-10-9-11-29(24(3)4)35(28)39-42(8)31-14-12-26(21-30(31)36-41-18-19-43(36)39)46-27-13-15-33-32(22-27)44(37(45)47-33)34-20-25(16-17-40-34)38(5,6)7/h9-24H,1-8H3. The van der Waals surface area contributed by atoms with Gasteiger partial charge in [0.05, 0.1) is 0 Å². The number of fused-ring (bicyclic) bond motifs is 4. The van der Waals surface area contributed by atoms with Crippen molar-refractivity contribution in [3.05, 3.63) is 113 Å². The second-order valence-electron chi connectivity index (χ2n) is 14.1. The summed E-state index contributed by atoms with van der Waals surface area (Å²) in [6.07, 6.45) is 5.68. The number of hydrogen-bond donors (Lipinski definition) is 0. The van der Waals surface area contributed by atoms with Gasteiger partial charge in [0, 0.05) is 35.9 Å². The highest BCUT2D eigenvalue weighted by Crippen LogP contribution is 2.39. The number of anilines is 1. The molecule has 0 saturated carbocycles. The van der Waals surface area contributed by atoms with Gasteiger partial charge in [0.15, 0.2) is 5.58 Å². The third-order valence-electron chi connectivity index (χ3n) is 9.19. The van der Waals surface area contributed by atoms with Gasteiger partial charge < -0.3 is 18.4 Å². The number of ether oxygens (including phenoxy) is 1. The zero-order chi connectivity index (χ0) is 33.2. The van der Waals surface area contributed by atoms with Gasteiger partial charge in [-0.25, -0.2) is 19.3 Å². The number of imidazole rings is 1. The number of hydrogen-bond acceptors (Lipinski definition) is 6. The lowest BCUT2D eigenvalue weighted by molar-refractivity contribution is 0.483. The molecular weight excluding hydrogens is 585 g/mol. The van der Waals surface area contributed by atoms with Crippen molar-refractivity contribution in [3.8, 4) is 28.7 Å². The second-order valence-corrected chi connectivity index (χ2v) is 14.1. The van der Waals surface area contributed by atoms with Gasteiger partial charge in [-0.15, -0.1) is 0 Å². The Morgan fingerprint density at radius 1 is 0.851 bits per heavy atom. The first kappa shape index (κ1) is 30.6. The third kappa shape index (κ3) is 5.24. The van der Waals surface area contributed by atoms with Gasteiger partial charge in [-0.1, -0.05) is 66.7 Å². The first-order valence-electron chi connectivity index (χ1n) is 16.3. The van der Waals surface area contributed by atoms with Crippen LogP contribution in [0.2, 0.25) is 0 Å². The summed E-state index contributed by atoms with van der Waals surface area (Å²) in [6.45, 7) is 15.4. The maximum absolute atomic E-state index is 13.0. The Morgan fingerprint density at radius 3 is 2.26 bits per heavy atom. The fourth-order valence-electron chi connectivity index (χ4n) is 6.76. The Kier molecular flexibility index (Phi) is 7.38. The maximum Gasteiger partial charge on any atom is 0.425 e. The van der Waals surface area contributed by atoms with Crippen LogP contribution < -0.4 is 20.8 Å². The number of pyridine rings is 1. The smallest absolute Gasteiger partial charge is 0.425 e. The molecule has 0 aliphatic carbocycles. The molecule has 8 nitrogen and oxygen atoms in total. The number of nitrogens with zero attached hydrogens (tertiary/aromatic N) is 5. The normalized spacial score (nSPS) is 13.1. The number of oxazole rings is 1. The van der Waals surface area contributed by atoms with E-state index in [1.165, 1.54) is 21.2 Å². The molecule has 0 saturated heterocycles. The first-order chi connectivity index (χ1) is 22.4. The lowest BCUT2D eigenvalue weighted by atomic mass is 9.58. The fraction of sp³-hybridized carbons (Fsp3) is 0.289. The molecule has 0 bridgehead atoms. The first-order valence-corrected chi connectivity index (χ1v) is 16.3. The van der Waals surface area contributed by atoms with Gasteiger partial charge in [-0.3, -0.25) is 0 Å². The van der Waals surface area contributed by atoms with Crippen molar-refractivity contribution < 1.29 is 9.15 Å². The highest BCUT2D eigenvalue weighted by Gasteiger charge is 2.38. The minimum absolute atomic E-state index is 0.0339. The minimum Gasteiger partial charge on any atom is -0.457 e. The van der Waals surface area contributed by atoms with Crippen LogP contribution in [0.1, 0.15) is 77.0 Å². The quantitative estimate of drug-likeness (QED) is 0.175. The van der Waals surface area contributed by atoms with Crippen LogP contribution >= 0.6 is 0 Å². The van der Waals surface area contributed by atoms with Crippen LogP contribution in [0.5, 0.6) is 11.5 Å². The van der Waals surface area contributed by atoms with E-state index in [1.807, 2.05) is 42.6 Å². The Labute approximate surface area is 275 Å². The van der Waals surface area contributed by atoms with E-state index >= 15 is 0 Å². The lowest BCUT2D eigenvalue weighted by Crippen LogP contribution is -2.56. The van der Waals surface area contributed by atoms with Crippen molar-refractivity contribution in [2.45, 2.75) is 65.7 Å². The van der Waals surface area contributed by atoms with E-state index in [0.29, 0.717) is 40.3 Å². The number of rotatable bonds is 6. The molecule has 47 heavy (non-hydrogen) atoms. The highest BCUT2D eigenvalue weighted by atomic mass is 16.5. The maximum atomic E-state index is 13.0. The molecule has 0 atom stereocenters. The van der Waals surface area contributed by atoms with E-state index < -0.39 is 5.76 Å². The molecule has 0 spiro atoms. The van der Waals surface area contributed by atoms with E-state index in [2.05, 4.69) is 100 Å². The molecule has 0 N–H and O–H groups in total. The molecule has 3 aromatic heterocycles. The molecule has 1 aliphatic rings. The van der Waals surface area contributed by atoms with Crippen LogP contribution in [0.4, 0.5) is 5.69 Å². The number of aromatic nitrogens is 4. The molecule has 0 fully saturated rings. The van der Waals surface area contributed by atoms with Gasteiger partial charge in [-0.05, 0) is 88.9 Å². The van der Waals surface area contributed by atoms with Gasteiger partial charge in [-0.2, -0.15) is 0 Å². The van der Waals surface area contributed by atoms with Crippen molar-refractivity contribution in [1.29, 1.82) is 0 Å². The summed E-state index contributed by atoms with van der Waals surface area (Å²) < 4.78 is 15.8. The van der Waals surface area contributed by atoms with Crippen LogP contribution in [-0.2, 0) is 5.41 Å². The van der Waals surface area contributed by atoms with E-state index in [1.54, 1.807) is 12.3 Å². The summed E-state index contributed by atoms with van der Waals surface area (Å²) in [4.78, 5) is 24.7. The largest absolute Gasteiger partial charge is 0.457 e. The van der Waals surface area contributed by atoms with Crippen molar-refractivity contribution in [1.82, 2.24) is 19.0 Å². The van der Waals surface area contributed by atoms with E-state index in [-0.39, 0.29) is 12.4 Å². The molecule has 6 aromatic rings. The Balaban J connectivity index is 1.27. The monoisotopic (exact) mass is 625 g/mol. The predicted octanol–water partition coefficient (Wildman–Crippen LogP) is 7.87. The van der Waals surface area contributed by atoms with Crippen LogP contribution in [-0.4, -0.2) is 33.0 Å². The van der Waals surface area contributed by atoms with E-state index in [0.717, 1.165) is 22.6 Å². The third-order valence-corrected chi connectivity index (χ3v) is 9.19. The van der Waals surface area contributed by atoms with Crippen molar-refractivity contribution >= 4 is 29.2 Å². The zero-order valence-electron chi connectivity index (χ0n) is 28.3. The van der Waals surface area contributed by atoms with Gasteiger partial charge in [0.2, 0.25) is 0 Å². The topological polar surface area (TPSA) is 78.3 Å². The lowest BCUT2D eigenvalue weighted by Gasteiger charge is -2.37. The Hall–Kier alpha value is -5.05. The van der Waals surface area contributed by atoms with Gasteiger partial charge in [0.1, 0.15) is 28.7 Å². The fourth-order valence-corrected chi connectivity index (χ4v) is 6.76. The highest BCUT2D eigenvalue weighted by molar-refractivity contribution is 6.77. The van der Waals surface area contributed by atoms with Gasteiger partial charge in [0.25, 0.3) is 0 Å². The molecular formula is C38H40BN5O3. The van der Waals surface area contributed by atoms with E-state index in [9.17, 15) is 4.79 Å². The second kappa shape index (κ2) is 11.3. The summed E-state index contributed by atoms with van der Waals surface area (Å²) in [5.41, 5.74) is 8.14. The summed E-state index contributed by atoms with van der Waals surface area (Å²) in [5.74, 6) is 2.92. The van der Waals surface area contributed by atoms with Crippen LogP contribution in [0.3, 0.4) is 0 Å². The van der Waals surface area contributed by atoms with Crippen molar-refractivity contribution in [2.24, 2.45) is 0 Å². The summed E-state index contributed by atoms with van der Waals surface area (Å²) >= 11 is 0. The van der Waals surface area contributed by atoms with Crippen LogP contribution in [0, 0.1) is 0 Å². The molecule has 0 unspecified atom stereocenters. The Morgan fingerprint density at radius 2 is 1.55 bits per heavy atom. The van der Waals surface area contributed by atoms with Gasteiger partial charge >= 0.3 is 12.7 Å². The van der Waals surface area contributed by atoms with Crippen molar-refractivity contribution in [3.63, 3.8) is 0 Å². The summed E-state index contributed by atoms with van der Waals surface area (Å²) in [5, 5.41) is 0. The van der Waals surface area contributed by atoms with Crippen LogP contribution in [0.25, 0.3) is 28.3 Å². The molecule has 1 aliphatic heterocycles. The SMILES string of the molecule is CC(C)c1cccc(C(C)C)c1B1N(C)c2ccc(Oc3ccc4oc(=O)n(-c5cc(C(C)(C)C)ccn5)c4c3)cc2-c2nccn21. The van der Waals surface area contributed by atoms with Crippen LogP contribution in [0.15, 0.2) is 94.5 Å². The molecule has 4 heterocycles. The average Bonchev–Trinajstić information content (AvgIpc) is 3.64. The van der Waals surface area contributed by atoms with Crippen molar-refractivity contribution in [2.75, 3.05) is 11.9 Å². The molecule has 238 valence electrons.